The van der Waals surface area contributed by atoms with E-state index in [1.54, 1.807) is 0 Å². The molecule has 4 N–H and O–H groups in total. The van der Waals surface area contributed by atoms with Crippen LogP contribution in [0.5, 0.6) is 23.0 Å². The van der Waals surface area contributed by atoms with Crippen LogP contribution in [0.1, 0.15) is 56.7 Å². The summed E-state index contributed by atoms with van der Waals surface area (Å²) in [6.07, 6.45) is -1.27. The second-order valence-electron chi connectivity index (χ2n) is 6.85. The number of hydrogen-bond acceptors (Lipinski definition) is 9. The monoisotopic (exact) mass is 400 g/mol. The number of phenolic OH excluding ortho intramolecular Hbond substituents is 3. The van der Waals surface area contributed by atoms with E-state index in [4.69, 9.17) is 9.47 Å². The Balaban J connectivity index is 1.83. The van der Waals surface area contributed by atoms with Crippen LogP contribution in [0.15, 0.2) is 18.2 Å². The summed E-state index contributed by atoms with van der Waals surface area (Å²) < 4.78 is 10.2. The normalized spacial score (nSPS) is 19.2. The Labute approximate surface area is 163 Å². The van der Waals surface area contributed by atoms with Crippen LogP contribution in [0, 0.1) is 0 Å². The first-order valence-corrected chi connectivity index (χ1v) is 8.74. The van der Waals surface area contributed by atoms with Gasteiger partial charge in [0, 0.05) is 29.7 Å². The molecule has 0 radical (unpaired) electrons. The van der Waals surface area contributed by atoms with Crippen molar-refractivity contribution in [3.8, 4) is 23.0 Å². The molecule has 9 nitrogen and oxygen atoms in total. The van der Waals surface area contributed by atoms with Crippen LogP contribution < -0.4 is 4.74 Å². The zero-order chi connectivity index (χ0) is 21.0. The zero-order valence-corrected chi connectivity index (χ0v) is 15.1. The van der Waals surface area contributed by atoms with Gasteiger partial charge in [0.15, 0.2) is 5.78 Å². The molecule has 150 valence electrons. The minimum absolute atomic E-state index is 0.0237. The molecule has 0 fully saturated rings. The summed E-state index contributed by atoms with van der Waals surface area (Å²) in [6, 6.07) is 3.22. The molecule has 1 aliphatic heterocycles. The van der Waals surface area contributed by atoms with Gasteiger partial charge in [0.05, 0.1) is 23.7 Å². The zero-order valence-electron chi connectivity index (χ0n) is 15.1. The maximum Gasteiger partial charge on any atom is 0.302 e. The van der Waals surface area contributed by atoms with Gasteiger partial charge in [-0.3, -0.25) is 14.4 Å². The molecule has 0 bridgehead atoms. The largest absolute Gasteiger partial charge is 0.508 e. The molecule has 2 atom stereocenters. The van der Waals surface area contributed by atoms with E-state index in [2.05, 4.69) is 0 Å². The first-order chi connectivity index (χ1) is 13.7. The highest BCUT2D eigenvalue weighted by atomic mass is 16.6. The number of carbonyl (C=O) groups is 3. The van der Waals surface area contributed by atoms with Gasteiger partial charge in [0.25, 0.3) is 0 Å². The molecule has 1 aliphatic carbocycles. The number of fused-ring (bicyclic) bond motifs is 3. The first kappa shape index (κ1) is 18.8. The van der Waals surface area contributed by atoms with E-state index in [1.807, 2.05) is 0 Å². The molecular weight excluding hydrogens is 384 g/mol. The number of phenols is 3. The third-order valence-electron chi connectivity index (χ3n) is 5.04. The number of hydrogen-bond donors (Lipinski definition) is 4. The number of aliphatic hydroxyl groups is 1. The molecule has 2 aliphatic rings. The summed E-state index contributed by atoms with van der Waals surface area (Å²) >= 11 is 0. The Bertz CT molecular complexity index is 1090. The molecule has 4 rings (SSSR count). The number of ether oxygens (including phenoxy) is 2. The van der Waals surface area contributed by atoms with E-state index in [0.29, 0.717) is 0 Å². The van der Waals surface area contributed by atoms with Crippen molar-refractivity contribution in [1.82, 2.24) is 0 Å². The highest BCUT2D eigenvalue weighted by molar-refractivity contribution is 6.30. The number of benzene rings is 2. The minimum atomic E-state index is -1.37. The molecular formula is C20H16O9. The van der Waals surface area contributed by atoms with E-state index < -0.39 is 47.0 Å². The quantitative estimate of drug-likeness (QED) is 0.477. The number of aliphatic hydroxyl groups excluding tert-OH is 1. The number of aromatic hydroxyl groups is 3. The molecule has 0 spiro atoms. The van der Waals surface area contributed by atoms with Crippen LogP contribution >= 0.6 is 0 Å². The van der Waals surface area contributed by atoms with Gasteiger partial charge in [-0.1, -0.05) is 0 Å². The van der Waals surface area contributed by atoms with Crippen molar-refractivity contribution in [2.24, 2.45) is 0 Å². The topological polar surface area (TPSA) is 151 Å². The average molecular weight is 400 g/mol. The van der Waals surface area contributed by atoms with Gasteiger partial charge < -0.3 is 29.9 Å². The lowest BCUT2D eigenvalue weighted by Crippen LogP contribution is -2.22. The summed E-state index contributed by atoms with van der Waals surface area (Å²) in [5.74, 6) is -4.31. The summed E-state index contributed by atoms with van der Waals surface area (Å²) in [6.45, 7) is 1.18. The third kappa shape index (κ3) is 2.78. The Morgan fingerprint density at radius 1 is 1.07 bits per heavy atom. The van der Waals surface area contributed by atoms with Gasteiger partial charge in [0.2, 0.25) is 12.1 Å². The second kappa shape index (κ2) is 6.49. The van der Waals surface area contributed by atoms with Crippen molar-refractivity contribution < 1.29 is 44.3 Å². The smallest absolute Gasteiger partial charge is 0.302 e. The Hall–Kier alpha value is -3.59. The molecule has 0 saturated heterocycles. The maximum absolute atomic E-state index is 13.0. The van der Waals surface area contributed by atoms with E-state index >= 15 is 0 Å². The lowest BCUT2D eigenvalue weighted by Gasteiger charge is -2.21. The lowest BCUT2D eigenvalue weighted by atomic mass is 9.80. The average Bonchev–Trinajstić information content (AvgIpc) is 2.94. The summed E-state index contributed by atoms with van der Waals surface area (Å²) in [7, 11) is 0. The van der Waals surface area contributed by atoms with Crippen LogP contribution in [0.25, 0.3) is 0 Å². The van der Waals surface area contributed by atoms with Crippen molar-refractivity contribution >= 4 is 17.5 Å². The predicted octanol–water partition coefficient (Wildman–Crippen LogP) is 1.33. The Morgan fingerprint density at radius 2 is 1.76 bits per heavy atom. The molecule has 2 aromatic rings. The highest BCUT2D eigenvalue weighted by Crippen LogP contribution is 2.50. The molecule has 2 aromatic carbocycles. The Kier molecular flexibility index (Phi) is 4.20. The maximum atomic E-state index is 13.0. The molecule has 0 aromatic heterocycles. The van der Waals surface area contributed by atoms with E-state index in [0.717, 1.165) is 12.1 Å². The predicted molar refractivity (Wildman–Crippen MR) is 95.4 cm³/mol. The first-order valence-electron chi connectivity index (χ1n) is 8.74. The molecule has 1 heterocycles. The van der Waals surface area contributed by atoms with E-state index in [1.165, 1.54) is 13.0 Å². The van der Waals surface area contributed by atoms with Crippen LogP contribution in [0.2, 0.25) is 0 Å². The van der Waals surface area contributed by atoms with Gasteiger partial charge >= 0.3 is 5.97 Å². The molecule has 0 amide bonds. The van der Waals surface area contributed by atoms with Gasteiger partial charge in [-0.25, -0.2) is 0 Å². The van der Waals surface area contributed by atoms with Gasteiger partial charge in [0.1, 0.15) is 23.0 Å². The fourth-order valence-electron chi connectivity index (χ4n) is 3.80. The summed E-state index contributed by atoms with van der Waals surface area (Å²) in [5, 5.41) is 40.7. The van der Waals surface area contributed by atoms with E-state index in [-0.39, 0.29) is 46.6 Å². The fourth-order valence-corrected chi connectivity index (χ4v) is 3.80. The number of rotatable bonds is 3. The van der Waals surface area contributed by atoms with Crippen LogP contribution in [-0.4, -0.2) is 50.9 Å². The highest BCUT2D eigenvalue weighted by Gasteiger charge is 2.42. The van der Waals surface area contributed by atoms with Crippen LogP contribution in [0.3, 0.4) is 0 Å². The standard InChI is InChI=1S/C20H16O9/c1-7(21)28-3-2-9-15-13(29-20(9)27)6-11-16(19(15)26)18(25)14-10(17(11)24)4-8(22)5-12(14)23/h4-6,9,20,22-23,26-27H,2-3H2,1H3. The molecule has 29 heavy (non-hydrogen) atoms. The summed E-state index contributed by atoms with van der Waals surface area (Å²) in [4.78, 5) is 36.8. The van der Waals surface area contributed by atoms with Crippen molar-refractivity contribution in [2.75, 3.05) is 6.61 Å². The summed E-state index contributed by atoms with van der Waals surface area (Å²) in [5.41, 5.74) is -0.906. The number of ketones is 2. The van der Waals surface area contributed by atoms with Crippen LogP contribution in [0.4, 0.5) is 0 Å². The molecule has 9 heteroatoms. The third-order valence-corrected chi connectivity index (χ3v) is 5.04. The molecule has 2 unspecified atom stereocenters. The van der Waals surface area contributed by atoms with Crippen molar-refractivity contribution in [1.29, 1.82) is 0 Å². The fraction of sp³-hybridized carbons (Fsp3) is 0.250. The van der Waals surface area contributed by atoms with E-state index in [9.17, 15) is 34.8 Å². The second-order valence-corrected chi connectivity index (χ2v) is 6.85. The lowest BCUT2D eigenvalue weighted by molar-refractivity contribution is -0.141. The van der Waals surface area contributed by atoms with Gasteiger partial charge in [-0.2, -0.15) is 0 Å². The minimum Gasteiger partial charge on any atom is -0.508 e. The van der Waals surface area contributed by atoms with Crippen molar-refractivity contribution in [3.05, 3.63) is 46.0 Å². The molecule has 0 saturated carbocycles. The van der Waals surface area contributed by atoms with Crippen LogP contribution in [-0.2, 0) is 9.53 Å². The van der Waals surface area contributed by atoms with Crippen molar-refractivity contribution in [2.45, 2.75) is 25.6 Å². The number of esters is 1. The van der Waals surface area contributed by atoms with Gasteiger partial charge in [-0.05, 0) is 18.6 Å². The SMILES string of the molecule is CC(=O)OCCC1c2c(cc3c(c2O)C(=O)c2c(O)cc(O)cc2C3=O)OC1O. The van der Waals surface area contributed by atoms with Crippen molar-refractivity contribution in [3.63, 3.8) is 0 Å². The Morgan fingerprint density at radius 3 is 2.45 bits per heavy atom. The van der Waals surface area contributed by atoms with Gasteiger partial charge in [-0.15, -0.1) is 0 Å². The number of carbonyl (C=O) groups excluding carboxylic acids is 3.